The van der Waals surface area contributed by atoms with Gasteiger partial charge in [0.25, 0.3) is 5.56 Å². The minimum absolute atomic E-state index is 0.0887. The third-order valence-corrected chi connectivity index (χ3v) is 3.54. The van der Waals surface area contributed by atoms with Gasteiger partial charge in [-0.1, -0.05) is 6.42 Å². The number of aromatic amines is 1. The topological polar surface area (TPSA) is 78.2 Å². The van der Waals surface area contributed by atoms with Crippen LogP contribution in [0.25, 0.3) is 0 Å². The summed E-state index contributed by atoms with van der Waals surface area (Å²) >= 11 is 0. The Hall–Kier alpha value is -1.40. The highest BCUT2D eigenvalue weighted by Crippen LogP contribution is 2.11. The molecule has 0 bridgehead atoms. The summed E-state index contributed by atoms with van der Waals surface area (Å²) in [5.41, 5.74) is 5.40. The molecule has 1 saturated heterocycles. The number of nitrogens with one attached hydrogen (secondary N) is 1. The number of H-pyrrole nitrogens is 1. The molecule has 1 aromatic heterocycles. The molecule has 3 N–H and O–H groups in total. The first-order chi connectivity index (χ1) is 9.29. The average Bonchev–Trinajstić information content (AvgIpc) is 2.44. The number of aromatic nitrogens is 2. The largest absolute Gasteiger partial charge is 0.354 e. The van der Waals surface area contributed by atoms with Gasteiger partial charge in [-0.3, -0.25) is 9.69 Å². The quantitative estimate of drug-likeness (QED) is 0.709. The van der Waals surface area contributed by atoms with E-state index in [0.717, 1.165) is 51.5 Å². The molecule has 0 atom stereocenters. The number of rotatable bonds is 6. The van der Waals surface area contributed by atoms with E-state index in [0.29, 0.717) is 0 Å². The summed E-state index contributed by atoms with van der Waals surface area (Å²) in [5.74, 6) is 0.784. The van der Waals surface area contributed by atoms with Crippen LogP contribution in [0.3, 0.4) is 0 Å². The predicted octanol–water partition coefficient (Wildman–Crippen LogP) is 0.0209. The van der Waals surface area contributed by atoms with Crippen LogP contribution in [-0.4, -0.2) is 54.1 Å². The predicted molar refractivity (Wildman–Crippen MR) is 76.4 cm³/mol. The average molecular weight is 265 g/mol. The fourth-order valence-electron chi connectivity index (χ4n) is 2.39. The van der Waals surface area contributed by atoms with E-state index < -0.39 is 0 Å². The van der Waals surface area contributed by atoms with Gasteiger partial charge in [0.05, 0.1) is 6.33 Å². The van der Waals surface area contributed by atoms with E-state index in [4.69, 9.17) is 5.73 Å². The minimum Gasteiger partial charge on any atom is -0.354 e. The molecule has 6 nitrogen and oxygen atoms in total. The SMILES string of the molecule is NCCCCCN1CCN(c2cc(=O)[nH]cn2)CC1. The highest BCUT2D eigenvalue weighted by atomic mass is 16.1. The van der Waals surface area contributed by atoms with Crippen LogP contribution in [-0.2, 0) is 0 Å². The molecule has 2 rings (SSSR count). The van der Waals surface area contributed by atoms with Crippen molar-refractivity contribution in [1.82, 2.24) is 14.9 Å². The Labute approximate surface area is 113 Å². The van der Waals surface area contributed by atoms with Crippen molar-refractivity contribution >= 4 is 5.82 Å². The lowest BCUT2D eigenvalue weighted by Gasteiger charge is -2.35. The zero-order valence-corrected chi connectivity index (χ0v) is 11.3. The second-order valence-electron chi connectivity index (χ2n) is 4.95. The van der Waals surface area contributed by atoms with E-state index in [1.54, 1.807) is 6.07 Å². The maximum atomic E-state index is 11.3. The smallest absolute Gasteiger partial charge is 0.252 e. The molecule has 0 aliphatic carbocycles. The van der Waals surface area contributed by atoms with Crippen molar-refractivity contribution in [3.05, 3.63) is 22.7 Å². The number of nitrogens with two attached hydrogens (primary N) is 1. The zero-order chi connectivity index (χ0) is 13.5. The maximum absolute atomic E-state index is 11.3. The standard InChI is InChI=1S/C13H23N5O/c14-4-2-1-3-5-17-6-8-18(9-7-17)12-10-13(19)16-11-15-12/h10-11H,1-9,14H2,(H,15,16,19). The van der Waals surface area contributed by atoms with Gasteiger partial charge in [0.2, 0.25) is 0 Å². The molecule has 6 heteroatoms. The normalized spacial score (nSPS) is 16.8. The summed E-state index contributed by atoms with van der Waals surface area (Å²) in [6.07, 6.45) is 5.03. The van der Waals surface area contributed by atoms with E-state index >= 15 is 0 Å². The maximum Gasteiger partial charge on any atom is 0.252 e. The molecule has 1 fully saturated rings. The molecule has 0 aromatic carbocycles. The summed E-state index contributed by atoms with van der Waals surface area (Å²) in [6, 6.07) is 1.57. The zero-order valence-electron chi connectivity index (χ0n) is 11.3. The molecule has 1 aliphatic heterocycles. The molecular formula is C13H23N5O. The second kappa shape index (κ2) is 7.25. The van der Waals surface area contributed by atoms with Crippen molar-refractivity contribution in [1.29, 1.82) is 0 Å². The first kappa shape index (κ1) is 14.0. The number of piperazine rings is 1. The van der Waals surface area contributed by atoms with Crippen LogP contribution in [0.2, 0.25) is 0 Å². The highest BCUT2D eigenvalue weighted by molar-refractivity contribution is 5.36. The van der Waals surface area contributed by atoms with Crippen molar-refractivity contribution in [3.8, 4) is 0 Å². The van der Waals surface area contributed by atoms with Crippen LogP contribution in [0.15, 0.2) is 17.2 Å². The number of unbranched alkanes of at least 4 members (excludes halogenated alkanes) is 2. The Balaban J connectivity index is 1.74. The third-order valence-electron chi connectivity index (χ3n) is 3.54. The van der Waals surface area contributed by atoms with Gasteiger partial charge >= 0.3 is 0 Å². The van der Waals surface area contributed by atoms with Gasteiger partial charge in [-0.15, -0.1) is 0 Å². The Kier molecular flexibility index (Phi) is 5.35. The van der Waals surface area contributed by atoms with Crippen molar-refractivity contribution in [2.45, 2.75) is 19.3 Å². The van der Waals surface area contributed by atoms with E-state index in [9.17, 15) is 4.79 Å². The number of anilines is 1. The van der Waals surface area contributed by atoms with Crippen LogP contribution < -0.4 is 16.2 Å². The number of nitrogens with zero attached hydrogens (tertiary/aromatic N) is 3. The Morgan fingerprint density at radius 2 is 2.00 bits per heavy atom. The van der Waals surface area contributed by atoms with Gasteiger partial charge in [0.15, 0.2) is 0 Å². The van der Waals surface area contributed by atoms with Gasteiger partial charge < -0.3 is 15.6 Å². The molecule has 2 heterocycles. The van der Waals surface area contributed by atoms with Crippen molar-refractivity contribution in [2.75, 3.05) is 44.2 Å². The van der Waals surface area contributed by atoms with Gasteiger partial charge in [0.1, 0.15) is 5.82 Å². The summed E-state index contributed by atoms with van der Waals surface area (Å²) in [5, 5.41) is 0. The molecule has 0 spiro atoms. The minimum atomic E-state index is -0.0887. The number of hydrogen-bond acceptors (Lipinski definition) is 5. The molecule has 19 heavy (non-hydrogen) atoms. The van der Waals surface area contributed by atoms with Gasteiger partial charge in [0, 0.05) is 32.2 Å². The Morgan fingerprint density at radius 3 is 2.68 bits per heavy atom. The number of hydrogen-bond donors (Lipinski definition) is 2. The van der Waals surface area contributed by atoms with E-state index in [1.807, 2.05) is 0 Å². The first-order valence-corrected chi connectivity index (χ1v) is 7.01. The van der Waals surface area contributed by atoms with Crippen LogP contribution in [0, 0.1) is 0 Å². The summed E-state index contributed by atoms with van der Waals surface area (Å²) < 4.78 is 0. The van der Waals surface area contributed by atoms with Crippen LogP contribution in [0.1, 0.15) is 19.3 Å². The Bertz CT molecular complexity index is 425. The van der Waals surface area contributed by atoms with Gasteiger partial charge in [-0.05, 0) is 25.9 Å². The molecule has 1 aromatic rings. The van der Waals surface area contributed by atoms with Crippen molar-refractivity contribution < 1.29 is 0 Å². The summed E-state index contributed by atoms with van der Waals surface area (Å²) in [4.78, 5) is 22.7. The fraction of sp³-hybridized carbons (Fsp3) is 0.692. The lowest BCUT2D eigenvalue weighted by Crippen LogP contribution is -2.47. The van der Waals surface area contributed by atoms with E-state index in [1.165, 1.54) is 19.2 Å². The third kappa shape index (κ3) is 4.33. The molecule has 0 unspecified atom stereocenters. The highest BCUT2D eigenvalue weighted by Gasteiger charge is 2.17. The monoisotopic (exact) mass is 265 g/mol. The lowest BCUT2D eigenvalue weighted by atomic mass is 10.2. The molecule has 0 amide bonds. The Morgan fingerprint density at radius 1 is 1.21 bits per heavy atom. The van der Waals surface area contributed by atoms with E-state index in [-0.39, 0.29) is 5.56 Å². The molecule has 0 radical (unpaired) electrons. The van der Waals surface area contributed by atoms with Crippen LogP contribution >= 0.6 is 0 Å². The molecular weight excluding hydrogens is 242 g/mol. The van der Waals surface area contributed by atoms with Gasteiger partial charge in [-0.25, -0.2) is 4.98 Å². The second-order valence-corrected chi connectivity index (χ2v) is 4.95. The van der Waals surface area contributed by atoms with Crippen molar-refractivity contribution in [3.63, 3.8) is 0 Å². The molecule has 1 aliphatic rings. The van der Waals surface area contributed by atoms with Crippen LogP contribution in [0.4, 0.5) is 5.82 Å². The molecule has 0 saturated carbocycles. The fourth-order valence-corrected chi connectivity index (χ4v) is 2.39. The van der Waals surface area contributed by atoms with Gasteiger partial charge in [-0.2, -0.15) is 0 Å². The summed E-state index contributed by atoms with van der Waals surface area (Å²) in [6.45, 7) is 5.90. The molecule has 106 valence electrons. The van der Waals surface area contributed by atoms with Crippen LogP contribution in [0.5, 0.6) is 0 Å². The van der Waals surface area contributed by atoms with Crippen molar-refractivity contribution in [2.24, 2.45) is 5.73 Å². The first-order valence-electron chi connectivity index (χ1n) is 7.01. The lowest BCUT2D eigenvalue weighted by molar-refractivity contribution is 0.252. The summed E-state index contributed by atoms with van der Waals surface area (Å²) in [7, 11) is 0. The van der Waals surface area contributed by atoms with E-state index in [2.05, 4.69) is 19.8 Å².